The third kappa shape index (κ3) is 3.84. The molecule has 7 heteroatoms. The van der Waals surface area contributed by atoms with Crippen LogP contribution in [0.15, 0.2) is 29.6 Å². The summed E-state index contributed by atoms with van der Waals surface area (Å²) in [6.45, 7) is 5.62. The molecule has 1 atom stereocenters. The molecule has 1 N–H and O–H groups in total. The summed E-state index contributed by atoms with van der Waals surface area (Å²) in [5.74, 6) is 0.558. The minimum absolute atomic E-state index is 0.0287. The van der Waals surface area contributed by atoms with Gasteiger partial charge in [-0.3, -0.25) is 9.48 Å². The molecule has 1 aliphatic rings. The zero-order valence-corrected chi connectivity index (χ0v) is 14.5. The first kappa shape index (κ1) is 16.7. The maximum absolute atomic E-state index is 12.2. The Labute approximate surface area is 142 Å². The first-order valence-electron chi connectivity index (χ1n) is 8.68. The van der Waals surface area contributed by atoms with E-state index in [1.807, 2.05) is 10.9 Å². The summed E-state index contributed by atoms with van der Waals surface area (Å²) >= 11 is 0. The quantitative estimate of drug-likeness (QED) is 0.860. The van der Waals surface area contributed by atoms with Gasteiger partial charge in [0, 0.05) is 63.4 Å². The molecular weight excluding hydrogens is 304 g/mol. The molecule has 0 bridgehead atoms. The number of rotatable bonds is 6. The molecule has 2 aromatic rings. The molecule has 0 aromatic carbocycles. The lowest BCUT2D eigenvalue weighted by Gasteiger charge is -2.33. The Morgan fingerprint density at radius 1 is 1.42 bits per heavy atom. The van der Waals surface area contributed by atoms with Crippen LogP contribution in [-0.2, 0) is 20.1 Å². The predicted molar refractivity (Wildman–Crippen MR) is 94.1 cm³/mol. The lowest BCUT2D eigenvalue weighted by Crippen LogP contribution is -2.47. The van der Waals surface area contributed by atoms with Crippen molar-refractivity contribution in [1.29, 1.82) is 0 Å². The van der Waals surface area contributed by atoms with Gasteiger partial charge in [0.1, 0.15) is 0 Å². The zero-order valence-electron chi connectivity index (χ0n) is 14.5. The van der Waals surface area contributed by atoms with Crippen LogP contribution in [0.4, 0.5) is 5.82 Å². The molecule has 130 valence electrons. The molecule has 3 rings (SSSR count). The van der Waals surface area contributed by atoms with E-state index in [2.05, 4.69) is 33.4 Å². The standard InChI is InChI=1S/C17H26N6O/c1-3-7-23-12-14(11-20-23)10-19-15-5-4-8-22(13-15)16-17(24)21(2)9-6-18-16/h6,9,11-12,15,19H,3-5,7-8,10,13H2,1-2H3. The van der Waals surface area contributed by atoms with E-state index in [-0.39, 0.29) is 5.56 Å². The topological polar surface area (TPSA) is 68.0 Å². The number of aryl methyl sites for hydroxylation is 2. The summed E-state index contributed by atoms with van der Waals surface area (Å²) in [6.07, 6.45) is 10.7. The van der Waals surface area contributed by atoms with Crippen molar-refractivity contribution < 1.29 is 0 Å². The minimum atomic E-state index is -0.0287. The summed E-state index contributed by atoms with van der Waals surface area (Å²) < 4.78 is 3.57. The van der Waals surface area contributed by atoms with Gasteiger partial charge in [0.25, 0.3) is 5.56 Å². The highest BCUT2D eigenvalue weighted by molar-refractivity contribution is 5.36. The molecule has 24 heavy (non-hydrogen) atoms. The van der Waals surface area contributed by atoms with Crippen molar-refractivity contribution in [2.45, 2.75) is 45.3 Å². The fraction of sp³-hybridized carbons (Fsp3) is 0.588. The average molecular weight is 330 g/mol. The molecule has 1 aliphatic heterocycles. The Morgan fingerprint density at radius 3 is 3.12 bits per heavy atom. The monoisotopic (exact) mass is 330 g/mol. The van der Waals surface area contributed by atoms with Gasteiger partial charge in [0.2, 0.25) is 0 Å². The van der Waals surface area contributed by atoms with E-state index in [1.54, 1.807) is 24.0 Å². The van der Waals surface area contributed by atoms with Crippen LogP contribution in [0, 0.1) is 0 Å². The second-order valence-electron chi connectivity index (χ2n) is 6.44. The maximum atomic E-state index is 12.2. The van der Waals surface area contributed by atoms with Crippen LogP contribution in [0.2, 0.25) is 0 Å². The lowest BCUT2D eigenvalue weighted by molar-refractivity contribution is 0.419. The van der Waals surface area contributed by atoms with Gasteiger partial charge in [-0.05, 0) is 19.3 Å². The van der Waals surface area contributed by atoms with Crippen molar-refractivity contribution in [3.05, 3.63) is 40.7 Å². The van der Waals surface area contributed by atoms with Gasteiger partial charge in [0.15, 0.2) is 5.82 Å². The fourth-order valence-electron chi connectivity index (χ4n) is 3.15. The largest absolute Gasteiger partial charge is 0.350 e. The van der Waals surface area contributed by atoms with Crippen LogP contribution in [-0.4, -0.2) is 38.5 Å². The molecule has 0 amide bonds. The van der Waals surface area contributed by atoms with Gasteiger partial charge in [-0.2, -0.15) is 5.10 Å². The van der Waals surface area contributed by atoms with Crippen molar-refractivity contribution in [3.8, 4) is 0 Å². The molecule has 0 spiro atoms. The number of nitrogens with one attached hydrogen (secondary N) is 1. The highest BCUT2D eigenvalue weighted by Crippen LogP contribution is 2.15. The van der Waals surface area contributed by atoms with Crippen molar-refractivity contribution in [2.24, 2.45) is 7.05 Å². The molecule has 1 unspecified atom stereocenters. The average Bonchev–Trinajstić information content (AvgIpc) is 3.04. The lowest BCUT2D eigenvalue weighted by atomic mass is 10.1. The van der Waals surface area contributed by atoms with Gasteiger partial charge >= 0.3 is 0 Å². The van der Waals surface area contributed by atoms with Gasteiger partial charge in [-0.1, -0.05) is 6.92 Å². The van der Waals surface area contributed by atoms with Crippen LogP contribution < -0.4 is 15.8 Å². The first-order chi connectivity index (χ1) is 11.7. The minimum Gasteiger partial charge on any atom is -0.350 e. The summed E-state index contributed by atoms with van der Waals surface area (Å²) in [6, 6.07) is 0.361. The van der Waals surface area contributed by atoms with E-state index < -0.39 is 0 Å². The molecule has 0 saturated carbocycles. The summed E-state index contributed by atoms with van der Waals surface area (Å²) in [5, 5.41) is 7.96. The van der Waals surface area contributed by atoms with E-state index >= 15 is 0 Å². The van der Waals surface area contributed by atoms with Crippen LogP contribution in [0.5, 0.6) is 0 Å². The van der Waals surface area contributed by atoms with E-state index in [4.69, 9.17) is 0 Å². The zero-order chi connectivity index (χ0) is 16.9. The number of piperidine rings is 1. The highest BCUT2D eigenvalue weighted by atomic mass is 16.1. The predicted octanol–water partition coefficient (Wildman–Crippen LogP) is 1.15. The van der Waals surface area contributed by atoms with E-state index in [9.17, 15) is 4.79 Å². The molecule has 1 saturated heterocycles. The molecule has 0 aliphatic carbocycles. The Balaban J connectivity index is 1.59. The van der Waals surface area contributed by atoms with E-state index in [0.29, 0.717) is 11.9 Å². The molecule has 7 nitrogen and oxygen atoms in total. The smallest absolute Gasteiger partial charge is 0.293 e. The second-order valence-corrected chi connectivity index (χ2v) is 6.44. The van der Waals surface area contributed by atoms with Crippen LogP contribution in [0.3, 0.4) is 0 Å². The van der Waals surface area contributed by atoms with Crippen molar-refractivity contribution in [3.63, 3.8) is 0 Å². The van der Waals surface area contributed by atoms with Gasteiger partial charge in [0.05, 0.1) is 6.20 Å². The van der Waals surface area contributed by atoms with Crippen LogP contribution >= 0.6 is 0 Å². The Bertz CT molecular complexity index is 722. The molecule has 2 aromatic heterocycles. The first-order valence-corrected chi connectivity index (χ1v) is 8.68. The molecule has 0 radical (unpaired) electrons. The van der Waals surface area contributed by atoms with Crippen molar-refractivity contribution in [1.82, 2.24) is 24.6 Å². The Morgan fingerprint density at radius 2 is 2.29 bits per heavy atom. The molecular formula is C17H26N6O. The van der Waals surface area contributed by atoms with Crippen molar-refractivity contribution >= 4 is 5.82 Å². The summed E-state index contributed by atoms with van der Waals surface area (Å²) in [4.78, 5) is 18.6. The number of hydrogen-bond acceptors (Lipinski definition) is 5. The van der Waals surface area contributed by atoms with Crippen LogP contribution in [0.1, 0.15) is 31.7 Å². The Kier molecular flexibility index (Phi) is 5.30. The fourth-order valence-corrected chi connectivity index (χ4v) is 3.15. The van der Waals surface area contributed by atoms with E-state index in [1.165, 1.54) is 5.56 Å². The van der Waals surface area contributed by atoms with Crippen LogP contribution in [0.25, 0.3) is 0 Å². The Hall–Kier alpha value is -2.15. The number of aromatic nitrogens is 4. The third-order valence-corrected chi connectivity index (χ3v) is 4.45. The van der Waals surface area contributed by atoms with Gasteiger partial charge in [-0.15, -0.1) is 0 Å². The second kappa shape index (κ2) is 7.61. The van der Waals surface area contributed by atoms with Crippen molar-refractivity contribution in [2.75, 3.05) is 18.0 Å². The molecule has 3 heterocycles. The summed E-state index contributed by atoms with van der Waals surface area (Å²) in [7, 11) is 1.77. The summed E-state index contributed by atoms with van der Waals surface area (Å²) in [5.41, 5.74) is 1.17. The third-order valence-electron chi connectivity index (χ3n) is 4.45. The normalized spacial score (nSPS) is 18.1. The number of nitrogens with zero attached hydrogens (tertiary/aromatic N) is 5. The molecule has 1 fully saturated rings. The number of anilines is 1. The maximum Gasteiger partial charge on any atom is 0.293 e. The SMILES string of the molecule is CCCn1cc(CNC2CCCN(c3nccn(C)c3=O)C2)cn1. The van der Waals surface area contributed by atoms with Gasteiger partial charge in [-0.25, -0.2) is 4.98 Å². The van der Waals surface area contributed by atoms with Gasteiger partial charge < -0.3 is 14.8 Å². The van der Waals surface area contributed by atoms with E-state index in [0.717, 1.165) is 45.4 Å². The number of hydrogen-bond donors (Lipinski definition) is 1. The highest BCUT2D eigenvalue weighted by Gasteiger charge is 2.22.